The lowest BCUT2D eigenvalue weighted by atomic mass is 10.1. The number of benzene rings is 1. The lowest BCUT2D eigenvalue weighted by Crippen LogP contribution is -2.13. The number of likely N-dealkylation sites (N-methyl/N-ethyl adjacent to an activating group) is 1. The first kappa shape index (κ1) is 9.99. The molecule has 0 unspecified atom stereocenters. The van der Waals surface area contributed by atoms with Gasteiger partial charge in [0, 0.05) is 18.6 Å². The smallest absolute Gasteiger partial charge is 0.0521 e. The third-order valence-corrected chi connectivity index (χ3v) is 2.03. The van der Waals surface area contributed by atoms with Crippen LogP contribution in [0.1, 0.15) is 5.56 Å². The van der Waals surface area contributed by atoms with Crippen molar-refractivity contribution in [2.24, 2.45) is 5.29 Å². The molecular weight excluding hydrogens is 188 g/mol. The zero-order chi connectivity index (χ0) is 9.68. The molecule has 70 valence electrons. The number of hydrogen-bond acceptors (Lipinski definition) is 2. The Balaban J connectivity index is 2.45. The summed E-state index contributed by atoms with van der Waals surface area (Å²) in [5.41, 5.74) is 1.15. The summed E-state index contributed by atoms with van der Waals surface area (Å²) in [5.74, 6) is 0. The Bertz CT molecular complexity index is 273. The molecule has 0 saturated carbocycles. The van der Waals surface area contributed by atoms with Crippen LogP contribution in [-0.2, 0) is 6.42 Å². The SMILES string of the molecule is CN(CCc1ccc(Cl)cc1)N=O. The molecule has 0 spiro atoms. The van der Waals surface area contributed by atoms with E-state index in [0.717, 1.165) is 17.0 Å². The molecular formula is C9H11ClN2O. The number of hydrogen-bond donors (Lipinski definition) is 0. The number of halogens is 1. The summed E-state index contributed by atoms with van der Waals surface area (Å²) in [6.07, 6.45) is 0.805. The van der Waals surface area contributed by atoms with Crippen LogP contribution in [0.15, 0.2) is 29.6 Å². The summed E-state index contributed by atoms with van der Waals surface area (Å²) in [6, 6.07) is 7.57. The van der Waals surface area contributed by atoms with Gasteiger partial charge in [-0.3, -0.25) is 5.01 Å². The van der Waals surface area contributed by atoms with Crippen LogP contribution in [0.3, 0.4) is 0 Å². The Labute approximate surface area is 82.3 Å². The van der Waals surface area contributed by atoms with Gasteiger partial charge in [-0.1, -0.05) is 23.7 Å². The first-order valence-corrected chi connectivity index (χ1v) is 4.39. The second-order valence-electron chi connectivity index (χ2n) is 2.84. The molecule has 0 aliphatic carbocycles. The van der Waals surface area contributed by atoms with Crippen molar-refractivity contribution in [3.05, 3.63) is 39.8 Å². The fraction of sp³-hybridized carbons (Fsp3) is 0.333. The van der Waals surface area contributed by atoms with E-state index >= 15 is 0 Å². The van der Waals surface area contributed by atoms with Crippen molar-refractivity contribution >= 4 is 11.6 Å². The molecule has 0 heterocycles. The number of nitrogens with zero attached hydrogens (tertiary/aromatic N) is 2. The van der Waals surface area contributed by atoms with Gasteiger partial charge in [0.25, 0.3) is 0 Å². The van der Waals surface area contributed by atoms with Crippen LogP contribution in [0.4, 0.5) is 0 Å². The minimum atomic E-state index is 0.630. The van der Waals surface area contributed by atoms with Gasteiger partial charge in [0.15, 0.2) is 0 Å². The molecule has 0 saturated heterocycles. The quantitative estimate of drug-likeness (QED) is 0.550. The lowest BCUT2D eigenvalue weighted by Gasteiger charge is -2.07. The van der Waals surface area contributed by atoms with Gasteiger partial charge in [0.1, 0.15) is 0 Å². The highest BCUT2D eigenvalue weighted by atomic mass is 35.5. The van der Waals surface area contributed by atoms with E-state index in [1.807, 2.05) is 24.3 Å². The number of rotatable bonds is 4. The van der Waals surface area contributed by atoms with Crippen molar-refractivity contribution in [1.82, 2.24) is 5.01 Å². The molecule has 4 heteroatoms. The van der Waals surface area contributed by atoms with Gasteiger partial charge in [-0.2, -0.15) is 0 Å². The van der Waals surface area contributed by atoms with Gasteiger partial charge in [-0.15, -0.1) is 4.91 Å². The van der Waals surface area contributed by atoms with Crippen LogP contribution in [-0.4, -0.2) is 18.6 Å². The fourth-order valence-corrected chi connectivity index (χ4v) is 1.11. The summed E-state index contributed by atoms with van der Waals surface area (Å²) in [4.78, 5) is 10.0. The normalized spacial score (nSPS) is 9.69. The van der Waals surface area contributed by atoms with Crippen molar-refractivity contribution in [3.8, 4) is 0 Å². The van der Waals surface area contributed by atoms with Gasteiger partial charge < -0.3 is 0 Å². The molecule has 1 rings (SSSR count). The lowest BCUT2D eigenvalue weighted by molar-refractivity contribution is 0.354. The van der Waals surface area contributed by atoms with Gasteiger partial charge in [-0.05, 0) is 24.1 Å². The van der Waals surface area contributed by atoms with E-state index in [0.29, 0.717) is 6.54 Å². The maximum Gasteiger partial charge on any atom is 0.0521 e. The van der Waals surface area contributed by atoms with Crippen LogP contribution in [0.2, 0.25) is 5.02 Å². The highest BCUT2D eigenvalue weighted by molar-refractivity contribution is 6.30. The Morgan fingerprint density at radius 3 is 2.54 bits per heavy atom. The highest BCUT2D eigenvalue weighted by Gasteiger charge is 1.96. The molecule has 0 bridgehead atoms. The second kappa shape index (κ2) is 4.82. The van der Waals surface area contributed by atoms with Crippen molar-refractivity contribution in [1.29, 1.82) is 0 Å². The van der Waals surface area contributed by atoms with Crippen molar-refractivity contribution < 1.29 is 0 Å². The van der Waals surface area contributed by atoms with Crippen LogP contribution in [0.25, 0.3) is 0 Å². The minimum absolute atomic E-state index is 0.630. The average Bonchev–Trinajstić information content (AvgIpc) is 2.16. The summed E-state index contributed by atoms with van der Waals surface area (Å²) in [5, 5.41) is 4.88. The van der Waals surface area contributed by atoms with E-state index in [1.54, 1.807) is 7.05 Å². The molecule has 3 nitrogen and oxygen atoms in total. The van der Waals surface area contributed by atoms with E-state index in [4.69, 9.17) is 11.6 Å². The third kappa shape index (κ3) is 3.42. The summed E-state index contributed by atoms with van der Waals surface area (Å²) in [6.45, 7) is 0.630. The van der Waals surface area contributed by atoms with E-state index in [9.17, 15) is 4.91 Å². The summed E-state index contributed by atoms with van der Waals surface area (Å²) < 4.78 is 0. The molecule has 0 radical (unpaired) electrons. The van der Waals surface area contributed by atoms with Crippen LogP contribution in [0.5, 0.6) is 0 Å². The summed E-state index contributed by atoms with van der Waals surface area (Å²) >= 11 is 5.72. The summed E-state index contributed by atoms with van der Waals surface area (Å²) in [7, 11) is 1.66. The van der Waals surface area contributed by atoms with E-state index in [1.165, 1.54) is 5.01 Å². The predicted octanol–water partition coefficient (Wildman–Crippen LogP) is 2.50. The van der Waals surface area contributed by atoms with Crippen molar-refractivity contribution in [2.75, 3.05) is 13.6 Å². The standard InChI is InChI=1S/C9H11ClN2O/c1-12(11-13)7-6-8-2-4-9(10)5-3-8/h2-5H,6-7H2,1H3. The molecule has 0 amide bonds. The van der Waals surface area contributed by atoms with Gasteiger partial charge in [-0.25, -0.2) is 0 Å². The highest BCUT2D eigenvalue weighted by Crippen LogP contribution is 2.09. The Hall–Kier alpha value is -1.09. The van der Waals surface area contributed by atoms with Crippen molar-refractivity contribution in [3.63, 3.8) is 0 Å². The molecule has 13 heavy (non-hydrogen) atoms. The molecule has 0 atom stereocenters. The monoisotopic (exact) mass is 198 g/mol. The zero-order valence-electron chi connectivity index (χ0n) is 7.40. The molecule has 1 aromatic rings. The third-order valence-electron chi connectivity index (χ3n) is 1.78. The molecule has 0 aromatic heterocycles. The molecule has 0 N–H and O–H groups in total. The van der Waals surface area contributed by atoms with Crippen LogP contribution in [0, 0.1) is 4.91 Å². The second-order valence-corrected chi connectivity index (χ2v) is 3.28. The fourth-order valence-electron chi connectivity index (χ4n) is 0.983. The molecule has 0 aliphatic heterocycles. The molecule has 0 aliphatic rings. The largest absolute Gasteiger partial charge is 0.264 e. The van der Waals surface area contributed by atoms with Gasteiger partial charge >= 0.3 is 0 Å². The maximum absolute atomic E-state index is 10.0. The average molecular weight is 199 g/mol. The first-order valence-electron chi connectivity index (χ1n) is 4.01. The first-order chi connectivity index (χ1) is 6.22. The zero-order valence-corrected chi connectivity index (χ0v) is 8.16. The minimum Gasteiger partial charge on any atom is -0.264 e. The Morgan fingerprint density at radius 2 is 2.00 bits per heavy atom. The van der Waals surface area contributed by atoms with E-state index in [-0.39, 0.29) is 0 Å². The molecule has 0 fully saturated rings. The number of nitroso groups, excluding NO2 is 1. The van der Waals surface area contributed by atoms with E-state index < -0.39 is 0 Å². The van der Waals surface area contributed by atoms with Gasteiger partial charge in [0.05, 0.1) is 5.29 Å². The topological polar surface area (TPSA) is 32.7 Å². The Kier molecular flexibility index (Phi) is 3.71. The maximum atomic E-state index is 10.0. The predicted molar refractivity (Wildman–Crippen MR) is 53.6 cm³/mol. The van der Waals surface area contributed by atoms with Crippen LogP contribution >= 0.6 is 11.6 Å². The Morgan fingerprint density at radius 1 is 1.38 bits per heavy atom. The molecule has 1 aromatic carbocycles. The van der Waals surface area contributed by atoms with Crippen molar-refractivity contribution in [2.45, 2.75) is 6.42 Å². The van der Waals surface area contributed by atoms with Gasteiger partial charge in [0.2, 0.25) is 0 Å². The van der Waals surface area contributed by atoms with Crippen LogP contribution < -0.4 is 0 Å². The van der Waals surface area contributed by atoms with E-state index in [2.05, 4.69) is 5.29 Å².